The van der Waals surface area contributed by atoms with Crippen LogP contribution in [0, 0.1) is 13.8 Å². The number of nitrogens with zero attached hydrogens (tertiary/aromatic N) is 2. The zero-order valence-electron chi connectivity index (χ0n) is 15.7. The smallest absolute Gasteiger partial charge is 0.227 e. The highest BCUT2D eigenvalue weighted by molar-refractivity contribution is 5.84. The van der Waals surface area contributed by atoms with Crippen LogP contribution >= 0.6 is 0 Å². The second-order valence-electron chi connectivity index (χ2n) is 6.73. The van der Waals surface area contributed by atoms with Crippen LogP contribution in [0.15, 0.2) is 60.9 Å². The molecular weight excluding hydrogens is 338 g/mol. The molecule has 0 saturated heterocycles. The van der Waals surface area contributed by atoms with Gasteiger partial charge in [0.1, 0.15) is 5.75 Å². The van der Waals surface area contributed by atoms with Gasteiger partial charge in [-0.25, -0.2) is 4.98 Å². The summed E-state index contributed by atoms with van der Waals surface area (Å²) in [6.07, 6.45) is 2.39. The number of hydrogen-bond acceptors (Lipinski definition) is 3. The number of aryl methyl sites for hydroxylation is 1. The van der Waals surface area contributed by atoms with E-state index in [0.717, 1.165) is 22.5 Å². The van der Waals surface area contributed by atoms with E-state index < -0.39 is 0 Å². The molecule has 0 unspecified atom stereocenters. The summed E-state index contributed by atoms with van der Waals surface area (Å²) in [4.78, 5) is 17.2. The number of imidazole rings is 1. The first-order valence-electron chi connectivity index (χ1n) is 9.13. The highest BCUT2D eigenvalue weighted by Crippen LogP contribution is 2.22. The van der Waals surface area contributed by atoms with Crippen molar-refractivity contribution in [2.75, 3.05) is 6.54 Å². The number of carbonyl (C=O) groups is 1. The van der Waals surface area contributed by atoms with Crippen LogP contribution in [0.1, 0.15) is 28.4 Å². The molecule has 0 spiro atoms. The molecule has 5 heteroatoms. The first-order chi connectivity index (χ1) is 13.0. The van der Waals surface area contributed by atoms with Crippen LogP contribution < -0.4 is 5.32 Å². The zero-order chi connectivity index (χ0) is 19.2. The molecule has 3 rings (SSSR count). The van der Waals surface area contributed by atoms with Crippen molar-refractivity contribution in [2.45, 2.75) is 32.7 Å². The molecule has 3 aromatic rings. The quantitative estimate of drug-likeness (QED) is 0.676. The van der Waals surface area contributed by atoms with Crippen LogP contribution in [0.4, 0.5) is 0 Å². The highest BCUT2D eigenvalue weighted by Gasteiger charge is 2.20. The van der Waals surface area contributed by atoms with E-state index in [1.54, 1.807) is 12.1 Å². The van der Waals surface area contributed by atoms with E-state index in [9.17, 15) is 9.90 Å². The molecule has 2 aromatic carbocycles. The van der Waals surface area contributed by atoms with Gasteiger partial charge in [-0.05, 0) is 43.5 Å². The van der Waals surface area contributed by atoms with Crippen molar-refractivity contribution in [1.82, 2.24) is 14.9 Å². The summed E-state index contributed by atoms with van der Waals surface area (Å²) in [5.74, 6) is -0.0458. The third-order valence-corrected chi connectivity index (χ3v) is 4.89. The van der Waals surface area contributed by atoms with E-state index in [0.29, 0.717) is 19.5 Å². The molecule has 1 amide bonds. The fourth-order valence-corrected chi connectivity index (χ4v) is 3.11. The molecule has 0 bridgehead atoms. The maximum Gasteiger partial charge on any atom is 0.227 e. The van der Waals surface area contributed by atoms with Gasteiger partial charge in [0.25, 0.3) is 0 Å². The average Bonchev–Trinajstić information content (AvgIpc) is 3.00. The molecule has 0 fully saturated rings. The van der Waals surface area contributed by atoms with Crippen LogP contribution in [-0.4, -0.2) is 27.1 Å². The summed E-state index contributed by atoms with van der Waals surface area (Å²) in [7, 11) is 0. The maximum absolute atomic E-state index is 12.9. The molecule has 0 radical (unpaired) electrons. The van der Waals surface area contributed by atoms with Crippen molar-refractivity contribution in [1.29, 1.82) is 0 Å². The lowest BCUT2D eigenvalue weighted by atomic mass is 9.91. The van der Waals surface area contributed by atoms with Gasteiger partial charge in [0.05, 0.1) is 17.9 Å². The van der Waals surface area contributed by atoms with Crippen molar-refractivity contribution in [2.24, 2.45) is 0 Å². The van der Waals surface area contributed by atoms with E-state index in [1.807, 2.05) is 67.2 Å². The molecule has 5 nitrogen and oxygen atoms in total. The van der Waals surface area contributed by atoms with Gasteiger partial charge in [0.15, 0.2) is 0 Å². The van der Waals surface area contributed by atoms with Crippen LogP contribution in [0.2, 0.25) is 0 Å². The Bertz CT molecular complexity index is 886. The Morgan fingerprint density at radius 3 is 2.44 bits per heavy atom. The number of phenolic OH excluding ortho intramolecular Hbond substituents is 1. The van der Waals surface area contributed by atoms with Crippen LogP contribution in [0.3, 0.4) is 0 Å². The van der Waals surface area contributed by atoms with Crippen LogP contribution in [0.25, 0.3) is 0 Å². The lowest BCUT2D eigenvalue weighted by Gasteiger charge is -2.18. The van der Waals surface area contributed by atoms with Gasteiger partial charge in [0.2, 0.25) is 5.91 Å². The highest BCUT2D eigenvalue weighted by atomic mass is 16.3. The fraction of sp³-hybridized carbons (Fsp3) is 0.273. The number of aromatic nitrogens is 2. The minimum atomic E-state index is -0.277. The summed E-state index contributed by atoms with van der Waals surface area (Å²) in [6, 6.07) is 16.8. The molecule has 0 saturated carbocycles. The molecule has 1 aromatic heterocycles. The Hall–Kier alpha value is -3.08. The molecule has 0 aliphatic heterocycles. The number of nitrogens with one attached hydrogen (secondary N) is 1. The summed E-state index contributed by atoms with van der Waals surface area (Å²) in [5, 5.41) is 12.5. The molecule has 2 N–H and O–H groups in total. The Labute approximate surface area is 159 Å². The molecular formula is C22H25N3O2. The average molecular weight is 363 g/mol. The number of amides is 1. The fourth-order valence-electron chi connectivity index (χ4n) is 3.11. The van der Waals surface area contributed by atoms with Gasteiger partial charge in [-0.1, -0.05) is 42.5 Å². The van der Waals surface area contributed by atoms with Gasteiger partial charge in [-0.15, -0.1) is 0 Å². The monoisotopic (exact) mass is 363 g/mol. The van der Waals surface area contributed by atoms with Gasteiger partial charge >= 0.3 is 0 Å². The second kappa shape index (κ2) is 8.54. The number of rotatable bonds is 7. The van der Waals surface area contributed by atoms with E-state index in [-0.39, 0.29) is 17.6 Å². The minimum Gasteiger partial charge on any atom is -0.508 e. The standard InChI is InChI=1S/C22H25N3O2/c1-16-17(2)25(15-24-16)13-12-23-22(27)21(19-6-4-3-5-7-19)14-18-8-10-20(26)11-9-18/h3-11,15,21,26H,12-14H2,1-2H3,(H,23,27)/t21-/m0/s1. The maximum atomic E-state index is 12.9. The van der Waals surface area contributed by atoms with Crippen molar-refractivity contribution in [3.8, 4) is 5.75 Å². The predicted octanol–water partition coefficient (Wildman–Crippen LogP) is 3.35. The first kappa shape index (κ1) is 18.7. The van der Waals surface area contributed by atoms with E-state index in [4.69, 9.17) is 0 Å². The number of hydrogen-bond donors (Lipinski definition) is 2. The van der Waals surface area contributed by atoms with Crippen molar-refractivity contribution < 1.29 is 9.90 Å². The largest absolute Gasteiger partial charge is 0.508 e. The third-order valence-electron chi connectivity index (χ3n) is 4.89. The van der Waals surface area contributed by atoms with Gasteiger partial charge in [-0.3, -0.25) is 4.79 Å². The van der Waals surface area contributed by atoms with E-state index in [2.05, 4.69) is 10.3 Å². The minimum absolute atomic E-state index is 0.00349. The Kier molecular flexibility index (Phi) is 5.91. The Balaban J connectivity index is 1.68. The van der Waals surface area contributed by atoms with Gasteiger partial charge < -0.3 is 15.0 Å². The topological polar surface area (TPSA) is 67.2 Å². The number of carbonyl (C=O) groups excluding carboxylic acids is 1. The van der Waals surface area contributed by atoms with Gasteiger partial charge in [0, 0.05) is 18.8 Å². The summed E-state index contributed by atoms with van der Waals surface area (Å²) < 4.78 is 2.05. The lowest BCUT2D eigenvalue weighted by Crippen LogP contribution is -2.33. The van der Waals surface area contributed by atoms with Crippen molar-refractivity contribution in [3.05, 3.63) is 83.4 Å². The van der Waals surface area contributed by atoms with E-state index >= 15 is 0 Å². The second-order valence-corrected chi connectivity index (χ2v) is 6.73. The molecule has 1 atom stereocenters. The molecule has 0 aliphatic carbocycles. The summed E-state index contributed by atoms with van der Waals surface area (Å²) >= 11 is 0. The van der Waals surface area contributed by atoms with E-state index in [1.165, 1.54) is 0 Å². The zero-order valence-corrected chi connectivity index (χ0v) is 15.7. The van der Waals surface area contributed by atoms with Crippen LogP contribution in [0.5, 0.6) is 5.75 Å². The number of benzene rings is 2. The normalized spacial score (nSPS) is 11.9. The van der Waals surface area contributed by atoms with Crippen molar-refractivity contribution >= 4 is 5.91 Å². The molecule has 0 aliphatic rings. The third kappa shape index (κ3) is 4.76. The predicted molar refractivity (Wildman–Crippen MR) is 106 cm³/mol. The summed E-state index contributed by atoms with van der Waals surface area (Å²) in [6.45, 7) is 5.25. The summed E-state index contributed by atoms with van der Waals surface area (Å²) in [5.41, 5.74) is 4.12. The molecule has 140 valence electrons. The molecule has 27 heavy (non-hydrogen) atoms. The van der Waals surface area contributed by atoms with Crippen LogP contribution in [-0.2, 0) is 17.8 Å². The van der Waals surface area contributed by atoms with Gasteiger partial charge in [-0.2, -0.15) is 0 Å². The number of aromatic hydroxyl groups is 1. The lowest BCUT2D eigenvalue weighted by molar-refractivity contribution is -0.122. The first-order valence-corrected chi connectivity index (χ1v) is 9.13. The van der Waals surface area contributed by atoms with Crippen molar-refractivity contribution in [3.63, 3.8) is 0 Å². The Morgan fingerprint density at radius 1 is 1.11 bits per heavy atom. The molecule has 1 heterocycles. The Morgan fingerprint density at radius 2 is 1.81 bits per heavy atom. The number of phenols is 1. The SMILES string of the molecule is Cc1ncn(CCNC(=O)[C@@H](Cc2ccc(O)cc2)c2ccccc2)c1C.